The van der Waals surface area contributed by atoms with Crippen molar-refractivity contribution in [3.05, 3.63) is 81.9 Å². The Bertz CT molecular complexity index is 905. The number of benzene rings is 1. The van der Waals surface area contributed by atoms with Gasteiger partial charge in [-0.1, -0.05) is 18.2 Å². The Hall–Kier alpha value is -3.06. The molecule has 6 nitrogen and oxygen atoms in total. The van der Waals surface area contributed by atoms with Crippen molar-refractivity contribution in [2.45, 2.75) is 19.4 Å². The first kappa shape index (κ1) is 20.7. The molecule has 29 heavy (non-hydrogen) atoms. The Labute approximate surface area is 175 Å². The molecule has 2 heterocycles. The number of aliphatic imine (C=N–C) groups is 1. The van der Waals surface area contributed by atoms with Crippen molar-refractivity contribution < 1.29 is 9.21 Å². The van der Waals surface area contributed by atoms with Gasteiger partial charge in [0.25, 0.3) is 5.91 Å². The van der Waals surface area contributed by atoms with E-state index >= 15 is 0 Å². The van der Waals surface area contributed by atoms with Crippen molar-refractivity contribution in [2.75, 3.05) is 20.1 Å². The van der Waals surface area contributed by atoms with Crippen LogP contribution in [0.15, 0.2) is 69.6 Å². The second-order valence-electron chi connectivity index (χ2n) is 6.46. The number of carbonyl (C=O) groups excluding carboxylic acids is 1. The predicted molar refractivity (Wildman–Crippen MR) is 117 cm³/mol. The largest absolute Gasteiger partial charge is 0.469 e. The van der Waals surface area contributed by atoms with Crippen LogP contribution in [0.4, 0.5) is 0 Å². The molecule has 3 aromatic rings. The monoisotopic (exact) mass is 410 g/mol. The molecular formula is C22H26N4O2S. The van der Waals surface area contributed by atoms with E-state index in [0.29, 0.717) is 18.7 Å². The minimum Gasteiger partial charge on any atom is -0.469 e. The van der Waals surface area contributed by atoms with Gasteiger partial charge in [0.15, 0.2) is 5.96 Å². The predicted octanol–water partition coefficient (Wildman–Crippen LogP) is 3.22. The molecular weight excluding hydrogens is 384 g/mol. The van der Waals surface area contributed by atoms with Crippen molar-refractivity contribution >= 4 is 23.2 Å². The first-order valence-corrected chi connectivity index (χ1v) is 10.5. The number of amides is 1. The standard InChI is InChI=1S/C22H26N4O2S/c1-23-21(27)18-6-2-5-17(15-18)9-11-24-22(26-16-20-8-4-14-29-20)25-12-10-19-7-3-13-28-19/h2-8,13-15H,9-12,16H2,1H3,(H,23,27)(H2,24,25,26). The lowest BCUT2D eigenvalue weighted by Crippen LogP contribution is -2.39. The molecule has 1 amide bonds. The molecule has 0 saturated carbocycles. The van der Waals surface area contributed by atoms with Crippen LogP contribution in [0.1, 0.15) is 26.6 Å². The molecule has 0 bridgehead atoms. The van der Waals surface area contributed by atoms with Gasteiger partial charge in [0.2, 0.25) is 0 Å². The van der Waals surface area contributed by atoms with Crippen LogP contribution in [0.3, 0.4) is 0 Å². The molecule has 1 aromatic carbocycles. The summed E-state index contributed by atoms with van der Waals surface area (Å²) >= 11 is 1.70. The number of carbonyl (C=O) groups is 1. The number of nitrogens with one attached hydrogen (secondary N) is 3. The highest BCUT2D eigenvalue weighted by atomic mass is 32.1. The average molecular weight is 411 g/mol. The highest BCUT2D eigenvalue weighted by Gasteiger charge is 2.05. The lowest BCUT2D eigenvalue weighted by Gasteiger charge is -2.12. The van der Waals surface area contributed by atoms with Gasteiger partial charge < -0.3 is 20.4 Å². The highest BCUT2D eigenvalue weighted by Crippen LogP contribution is 2.09. The molecule has 0 aliphatic carbocycles. The molecule has 0 aliphatic heterocycles. The fourth-order valence-corrected chi connectivity index (χ4v) is 3.46. The third-order valence-corrected chi connectivity index (χ3v) is 5.20. The van der Waals surface area contributed by atoms with Crippen molar-refractivity contribution in [3.63, 3.8) is 0 Å². The number of hydrogen-bond acceptors (Lipinski definition) is 4. The zero-order chi connectivity index (χ0) is 20.3. The van der Waals surface area contributed by atoms with Gasteiger partial charge in [-0.2, -0.15) is 0 Å². The Morgan fingerprint density at radius 2 is 1.93 bits per heavy atom. The maximum absolute atomic E-state index is 11.8. The second kappa shape index (κ2) is 11.1. The third kappa shape index (κ3) is 6.80. The summed E-state index contributed by atoms with van der Waals surface area (Å²) in [5.41, 5.74) is 1.78. The van der Waals surface area contributed by atoms with Crippen LogP contribution in [0, 0.1) is 0 Å². The van der Waals surface area contributed by atoms with E-state index in [0.717, 1.165) is 36.7 Å². The van der Waals surface area contributed by atoms with Crippen molar-refractivity contribution in [3.8, 4) is 0 Å². The van der Waals surface area contributed by atoms with E-state index in [9.17, 15) is 4.79 Å². The van der Waals surface area contributed by atoms with Gasteiger partial charge in [-0.25, -0.2) is 4.99 Å². The molecule has 0 aliphatic rings. The maximum Gasteiger partial charge on any atom is 0.251 e. The molecule has 0 saturated heterocycles. The van der Waals surface area contributed by atoms with E-state index in [2.05, 4.69) is 32.4 Å². The average Bonchev–Trinajstić information content (AvgIpc) is 3.45. The molecule has 0 radical (unpaired) electrons. The van der Waals surface area contributed by atoms with E-state index in [1.807, 2.05) is 42.5 Å². The van der Waals surface area contributed by atoms with Gasteiger partial charge in [-0.15, -0.1) is 11.3 Å². The van der Waals surface area contributed by atoms with E-state index in [4.69, 9.17) is 4.42 Å². The quantitative estimate of drug-likeness (QED) is 0.374. The lowest BCUT2D eigenvalue weighted by molar-refractivity contribution is 0.0963. The van der Waals surface area contributed by atoms with E-state index in [1.54, 1.807) is 24.6 Å². The van der Waals surface area contributed by atoms with E-state index in [-0.39, 0.29) is 5.91 Å². The second-order valence-corrected chi connectivity index (χ2v) is 7.49. The number of nitrogens with zero attached hydrogens (tertiary/aromatic N) is 1. The molecule has 0 atom stereocenters. The highest BCUT2D eigenvalue weighted by molar-refractivity contribution is 7.09. The lowest BCUT2D eigenvalue weighted by atomic mass is 10.1. The molecule has 152 valence electrons. The molecule has 2 aromatic heterocycles. The number of guanidine groups is 1. The Kier molecular flexibility index (Phi) is 7.89. The SMILES string of the molecule is CNC(=O)c1cccc(CCNC(=NCc2cccs2)NCCc2ccco2)c1. The van der Waals surface area contributed by atoms with Gasteiger partial charge in [0.05, 0.1) is 12.8 Å². The van der Waals surface area contributed by atoms with Gasteiger partial charge >= 0.3 is 0 Å². The van der Waals surface area contributed by atoms with Crippen molar-refractivity contribution in [2.24, 2.45) is 4.99 Å². The first-order chi connectivity index (χ1) is 14.2. The molecule has 3 N–H and O–H groups in total. The Balaban J connectivity index is 1.54. The van der Waals surface area contributed by atoms with Gasteiger partial charge in [-0.3, -0.25) is 4.79 Å². The summed E-state index contributed by atoms with van der Waals surface area (Å²) in [5, 5.41) is 11.5. The number of hydrogen-bond donors (Lipinski definition) is 3. The van der Waals surface area contributed by atoms with E-state index in [1.165, 1.54) is 4.88 Å². The summed E-state index contributed by atoms with van der Waals surface area (Å²) in [6.45, 7) is 2.09. The van der Waals surface area contributed by atoms with Crippen molar-refractivity contribution in [1.29, 1.82) is 0 Å². The molecule has 0 fully saturated rings. The fourth-order valence-electron chi connectivity index (χ4n) is 2.83. The van der Waals surface area contributed by atoms with Gasteiger partial charge in [0.1, 0.15) is 5.76 Å². The van der Waals surface area contributed by atoms with Crippen LogP contribution in [-0.4, -0.2) is 32.0 Å². The van der Waals surface area contributed by atoms with Crippen LogP contribution < -0.4 is 16.0 Å². The molecule has 7 heteroatoms. The molecule has 0 unspecified atom stereocenters. The third-order valence-electron chi connectivity index (χ3n) is 4.34. The summed E-state index contributed by atoms with van der Waals surface area (Å²) in [4.78, 5) is 17.7. The summed E-state index contributed by atoms with van der Waals surface area (Å²) in [6.07, 6.45) is 3.27. The van der Waals surface area contributed by atoms with Crippen LogP contribution in [-0.2, 0) is 19.4 Å². The molecule has 3 rings (SSSR count). The first-order valence-electron chi connectivity index (χ1n) is 9.62. The Morgan fingerprint density at radius 3 is 2.66 bits per heavy atom. The van der Waals surface area contributed by atoms with Crippen LogP contribution >= 0.6 is 11.3 Å². The van der Waals surface area contributed by atoms with Crippen molar-refractivity contribution in [1.82, 2.24) is 16.0 Å². The topological polar surface area (TPSA) is 78.7 Å². The normalized spacial score (nSPS) is 11.3. The summed E-state index contributed by atoms with van der Waals surface area (Å²) < 4.78 is 5.38. The number of furan rings is 1. The zero-order valence-electron chi connectivity index (χ0n) is 16.5. The van der Waals surface area contributed by atoms with Crippen LogP contribution in [0.2, 0.25) is 0 Å². The zero-order valence-corrected chi connectivity index (χ0v) is 17.3. The fraction of sp³-hybridized carbons (Fsp3) is 0.273. The number of rotatable bonds is 9. The maximum atomic E-state index is 11.8. The van der Waals surface area contributed by atoms with Crippen LogP contribution in [0.5, 0.6) is 0 Å². The summed E-state index contributed by atoms with van der Waals surface area (Å²) in [7, 11) is 1.64. The number of thiophene rings is 1. The summed E-state index contributed by atoms with van der Waals surface area (Å²) in [6, 6.07) is 15.7. The minimum absolute atomic E-state index is 0.0717. The van der Waals surface area contributed by atoms with Gasteiger partial charge in [-0.05, 0) is 47.7 Å². The molecule has 0 spiro atoms. The van der Waals surface area contributed by atoms with E-state index < -0.39 is 0 Å². The van der Waals surface area contributed by atoms with Crippen LogP contribution in [0.25, 0.3) is 0 Å². The summed E-state index contributed by atoms with van der Waals surface area (Å²) in [5.74, 6) is 1.64. The Morgan fingerprint density at radius 1 is 1.07 bits per heavy atom. The van der Waals surface area contributed by atoms with Gasteiger partial charge in [0, 0.05) is 37.0 Å². The smallest absolute Gasteiger partial charge is 0.251 e. The minimum atomic E-state index is -0.0717.